The summed E-state index contributed by atoms with van der Waals surface area (Å²) in [5.41, 5.74) is 6.81. The van der Waals surface area contributed by atoms with Crippen molar-refractivity contribution in [2.24, 2.45) is 5.73 Å². The third kappa shape index (κ3) is 1.99. The number of para-hydroxylation sites is 1. The van der Waals surface area contributed by atoms with E-state index in [4.69, 9.17) is 10.2 Å². The predicted molar refractivity (Wildman–Crippen MR) is 56.4 cm³/mol. The lowest BCUT2D eigenvalue weighted by atomic mass is 10.2. The molecular formula is C11H12N2O2. The van der Waals surface area contributed by atoms with Crippen LogP contribution < -0.4 is 5.73 Å². The molecule has 2 rings (SSSR count). The third-order valence-electron chi connectivity index (χ3n) is 2.09. The second-order valence-corrected chi connectivity index (χ2v) is 3.20. The summed E-state index contributed by atoms with van der Waals surface area (Å²) in [6.45, 7) is 0.534. The van der Waals surface area contributed by atoms with E-state index in [1.165, 1.54) is 0 Å². The molecule has 4 heteroatoms. The fourth-order valence-corrected chi connectivity index (χ4v) is 1.35. The molecule has 0 amide bonds. The van der Waals surface area contributed by atoms with Crippen LogP contribution in [0.4, 0.5) is 0 Å². The summed E-state index contributed by atoms with van der Waals surface area (Å²) < 4.78 is 5.26. The first-order valence-electron chi connectivity index (χ1n) is 4.74. The van der Waals surface area contributed by atoms with Crippen LogP contribution in [0.5, 0.6) is 5.75 Å². The van der Waals surface area contributed by atoms with Crippen molar-refractivity contribution in [3.63, 3.8) is 0 Å². The molecule has 0 aliphatic rings. The van der Waals surface area contributed by atoms with E-state index in [1.807, 2.05) is 6.07 Å². The van der Waals surface area contributed by atoms with Crippen LogP contribution in [0.1, 0.15) is 5.69 Å². The van der Waals surface area contributed by atoms with Gasteiger partial charge in [-0.05, 0) is 18.7 Å². The molecule has 3 N–H and O–H groups in total. The van der Waals surface area contributed by atoms with Gasteiger partial charge in [-0.2, -0.15) is 0 Å². The van der Waals surface area contributed by atoms with E-state index in [2.05, 4.69) is 4.98 Å². The van der Waals surface area contributed by atoms with E-state index in [0.29, 0.717) is 24.4 Å². The average Bonchev–Trinajstić information content (AvgIpc) is 2.68. The summed E-state index contributed by atoms with van der Waals surface area (Å²) in [7, 11) is 0. The number of hydrogen-bond donors (Lipinski definition) is 2. The van der Waals surface area contributed by atoms with Crippen LogP contribution in [0, 0.1) is 0 Å². The molecule has 0 radical (unpaired) electrons. The lowest BCUT2D eigenvalue weighted by Crippen LogP contribution is -2.02. The number of nitrogens with zero attached hydrogens (tertiary/aromatic N) is 1. The largest absolute Gasteiger partial charge is 0.507 e. The lowest BCUT2D eigenvalue weighted by molar-refractivity contribution is 0.473. The second-order valence-electron chi connectivity index (χ2n) is 3.20. The van der Waals surface area contributed by atoms with Crippen molar-refractivity contribution in [1.29, 1.82) is 0 Å². The Hall–Kier alpha value is -1.81. The molecule has 78 valence electrons. The van der Waals surface area contributed by atoms with Gasteiger partial charge >= 0.3 is 0 Å². The first-order chi connectivity index (χ1) is 7.31. The van der Waals surface area contributed by atoms with Gasteiger partial charge in [0.2, 0.25) is 5.89 Å². The van der Waals surface area contributed by atoms with Crippen molar-refractivity contribution < 1.29 is 9.52 Å². The number of phenols is 1. The zero-order valence-corrected chi connectivity index (χ0v) is 8.18. The smallest absolute Gasteiger partial charge is 0.229 e. The molecule has 0 atom stereocenters. The molecular weight excluding hydrogens is 192 g/mol. The monoisotopic (exact) mass is 204 g/mol. The van der Waals surface area contributed by atoms with E-state index in [9.17, 15) is 5.11 Å². The fraction of sp³-hybridized carbons (Fsp3) is 0.182. The molecule has 0 saturated heterocycles. The Kier molecular flexibility index (Phi) is 2.69. The van der Waals surface area contributed by atoms with Gasteiger partial charge in [-0.15, -0.1) is 0 Å². The summed E-state index contributed by atoms with van der Waals surface area (Å²) in [6.07, 6.45) is 2.24. The molecule has 0 fully saturated rings. The van der Waals surface area contributed by atoms with Crippen LogP contribution in [-0.4, -0.2) is 16.6 Å². The number of aromatic nitrogens is 1. The molecule has 4 nitrogen and oxygen atoms in total. The SMILES string of the molecule is NCCc1coc(-c2ccccc2O)n1. The minimum atomic E-state index is 0.165. The highest BCUT2D eigenvalue weighted by atomic mass is 16.3. The summed E-state index contributed by atoms with van der Waals surface area (Å²) in [5.74, 6) is 0.593. The molecule has 0 aliphatic heterocycles. The zero-order valence-electron chi connectivity index (χ0n) is 8.18. The number of phenolic OH excluding ortho intramolecular Hbond substituents is 1. The van der Waals surface area contributed by atoms with Crippen molar-refractivity contribution in [3.8, 4) is 17.2 Å². The van der Waals surface area contributed by atoms with Crippen LogP contribution >= 0.6 is 0 Å². The summed E-state index contributed by atoms with van der Waals surface area (Å²) >= 11 is 0. The first kappa shape index (κ1) is 9.73. The number of nitrogens with two attached hydrogens (primary N) is 1. The Labute approximate surface area is 87.4 Å². The fourth-order valence-electron chi connectivity index (χ4n) is 1.35. The van der Waals surface area contributed by atoms with Gasteiger partial charge in [-0.3, -0.25) is 0 Å². The normalized spacial score (nSPS) is 10.5. The van der Waals surface area contributed by atoms with Gasteiger partial charge in [0.15, 0.2) is 0 Å². The molecule has 0 bridgehead atoms. The van der Waals surface area contributed by atoms with Gasteiger partial charge in [-0.1, -0.05) is 12.1 Å². The minimum Gasteiger partial charge on any atom is -0.507 e. The van der Waals surface area contributed by atoms with Crippen molar-refractivity contribution in [2.45, 2.75) is 6.42 Å². The number of benzene rings is 1. The van der Waals surface area contributed by atoms with Crippen LogP contribution in [0.15, 0.2) is 34.9 Å². The molecule has 1 aromatic carbocycles. The molecule has 2 aromatic rings. The van der Waals surface area contributed by atoms with E-state index < -0.39 is 0 Å². The number of aromatic hydroxyl groups is 1. The second kappa shape index (κ2) is 4.14. The van der Waals surface area contributed by atoms with Crippen LogP contribution in [0.25, 0.3) is 11.5 Å². The maximum atomic E-state index is 9.58. The maximum Gasteiger partial charge on any atom is 0.229 e. The van der Waals surface area contributed by atoms with Gasteiger partial charge in [0.05, 0.1) is 11.3 Å². The molecule has 0 aliphatic carbocycles. The molecule has 15 heavy (non-hydrogen) atoms. The molecule has 0 spiro atoms. The average molecular weight is 204 g/mol. The van der Waals surface area contributed by atoms with Gasteiger partial charge in [0, 0.05) is 6.42 Å². The highest BCUT2D eigenvalue weighted by Gasteiger charge is 2.09. The Morgan fingerprint density at radius 3 is 2.87 bits per heavy atom. The molecule has 0 unspecified atom stereocenters. The molecule has 0 saturated carbocycles. The van der Waals surface area contributed by atoms with Gasteiger partial charge in [0.25, 0.3) is 0 Å². The highest BCUT2D eigenvalue weighted by molar-refractivity contribution is 5.61. The summed E-state index contributed by atoms with van der Waals surface area (Å²) in [5, 5.41) is 9.58. The standard InChI is InChI=1S/C11H12N2O2/c12-6-5-8-7-15-11(13-8)9-3-1-2-4-10(9)14/h1-4,7,14H,5-6,12H2. The number of hydrogen-bond acceptors (Lipinski definition) is 4. The minimum absolute atomic E-state index is 0.165. The van der Waals surface area contributed by atoms with E-state index in [-0.39, 0.29) is 5.75 Å². The van der Waals surface area contributed by atoms with E-state index >= 15 is 0 Å². The molecule has 1 aromatic heterocycles. The summed E-state index contributed by atoms with van der Waals surface area (Å²) in [4.78, 5) is 4.22. The number of oxazole rings is 1. The van der Waals surface area contributed by atoms with Crippen LogP contribution in [-0.2, 0) is 6.42 Å². The Bertz CT molecular complexity index is 451. The van der Waals surface area contributed by atoms with Crippen LogP contribution in [0.2, 0.25) is 0 Å². The first-order valence-corrected chi connectivity index (χ1v) is 4.74. The lowest BCUT2D eigenvalue weighted by Gasteiger charge is -1.97. The van der Waals surface area contributed by atoms with E-state index in [0.717, 1.165) is 5.69 Å². The van der Waals surface area contributed by atoms with Gasteiger partial charge in [-0.25, -0.2) is 4.98 Å². The van der Waals surface area contributed by atoms with Gasteiger partial charge in [0.1, 0.15) is 12.0 Å². The molecule has 1 heterocycles. The Balaban J connectivity index is 2.33. The third-order valence-corrected chi connectivity index (χ3v) is 2.09. The highest BCUT2D eigenvalue weighted by Crippen LogP contribution is 2.27. The zero-order chi connectivity index (χ0) is 10.7. The van der Waals surface area contributed by atoms with Crippen LogP contribution in [0.3, 0.4) is 0 Å². The summed E-state index contributed by atoms with van der Waals surface area (Å²) in [6, 6.07) is 6.93. The van der Waals surface area contributed by atoms with Crippen molar-refractivity contribution >= 4 is 0 Å². The van der Waals surface area contributed by atoms with Crippen molar-refractivity contribution in [1.82, 2.24) is 4.98 Å². The van der Waals surface area contributed by atoms with Crippen molar-refractivity contribution in [2.75, 3.05) is 6.54 Å². The van der Waals surface area contributed by atoms with Crippen molar-refractivity contribution in [3.05, 3.63) is 36.2 Å². The topological polar surface area (TPSA) is 72.3 Å². The maximum absolute atomic E-state index is 9.58. The Morgan fingerprint density at radius 1 is 1.33 bits per heavy atom. The van der Waals surface area contributed by atoms with Gasteiger partial charge < -0.3 is 15.3 Å². The quantitative estimate of drug-likeness (QED) is 0.795. The predicted octanol–water partition coefficient (Wildman–Crippen LogP) is 1.55. The van der Waals surface area contributed by atoms with E-state index in [1.54, 1.807) is 24.5 Å². The Morgan fingerprint density at radius 2 is 2.13 bits per heavy atom. The number of rotatable bonds is 3.